The van der Waals surface area contributed by atoms with E-state index < -0.39 is 0 Å². The smallest absolute Gasteiger partial charge is 0.255 e. The maximum atomic E-state index is 12.8. The van der Waals surface area contributed by atoms with Crippen LogP contribution in [-0.4, -0.2) is 60.9 Å². The summed E-state index contributed by atoms with van der Waals surface area (Å²) in [4.78, 5) is 29.8. The van der Waals surface area contributed by atoms with Gasteiger partial charge in [-0.15, -0.1) is 0 Å². The van der Waals surface area contributed by atoms with Gasteiger partial charge in [-0.25, -0.2) is 0 Å². The first-order chi connectivity index (χ1) is 17.1. The third kappa shape index (κ3) is 5.96. The Bertz CT molecular complexity index is 1120. The van der Waals surface area contributed by atoms with Crippen LogP contribution < -0.4 is 10.6 Å². The van der Waals surface area contributed by atoms with Crippen LogP contribution in [0.3, 0.4) is 0 Å². The van der Waals surface area contributed by atoms with Crippen molar-refractivity contribution in [3.8, 4) is 0 Å². The Morgan fingerprint density at radius 2 is 1.54 bits per heavy atom. The summed E-state index contributed by atoms with van der Waals surface area (Å²) in [6, 6.07) is 25.4. The van der Waals surface area contributed by atoms with Gasteiger partial charge in [-0.1, -0.05) is 42.5 Å². The summed E-state index contributed by atoms with van der Waals surface area (Å²) in [6.45, 7) is 9.10. The van der Waals surface area contributed by atoms with Crippen molar-refractivity contribution < 1.29 is 9.59 Å². The van der Waals surface area contributed by atoms with E-state index in [1.807, 2.05) is 73.3 Å². The largest absolute Gasteiger partial charge is 0.339 e. The van der Waals surface area contributed by atoms with E-state index in [4.69, 9.17) is 0 Å². The van der Waals surface area contributed by atoms with Gasteiger partial charge < -0.3 is 15.5 Å². The molecule has 3 aromatic rings. The first-order valence-electron chi connectivity index (χ1n) is 12.4. The molecule has 6 heteroatoms. The lowest BCUT2D eigenvalue weighted by Gasteiger charge is -2.36. The van der Waals surface area contributed by atoms with Crippen LogP contribution in [0.25, 0.3) is 0 Å². The molecule has 6 nitrogen and oxygen atoms in total. The van der Waals surface area contributed by atoms with Crippen molar-refractivity contribution in [2.75, 3.05) is 44.6 Å². The molecular weight excluding hydrogens is 436 g/mol. The molecule has 0 unspecified atom stereocenters. The number of carbonyl (C=O) groups excluding carboxylic acids is 2. The highest BCUT2D eigenvalue weighted by Crippen LogP contribution is 2.31. The number of piperazine rings is 1. The van der Waals surface area contributed by atoms with Crippen molar-refractivity contribution in [3.05, 3.63) is 101 Å². The van der Waals surface area contributed by atoms with Crippen LogP contribution in [-0.2, 0) is 0 Å². The molecule has 0 radical (unpaired) electrons. The predicted octanol–water partition coefficient (Wildman–Crippen LogP) is 4.42. The highest BCUT2D eigenvalue weighted by Gasteiger charge is 2.25. The number of anilines is 1. The molecule has 4 rings (SSSR count). The standard InChI is InChI=1S/C29H34N4O2/c1-3-32(4-2)29(35)24-15-13-22(14-16-24)27(33-19-17-30-18-20-33)25-11-8-12-26(21-25)31-28(34)23-9-6-5-7-10-23/h5-16,21,27,30H,3-4,17-20H2,1-2H3,(H,31,34)/t27-/m0/s1. The van der Waals surface area contributed by atoms with Gasteiger partial charge in [0.25, 0.3) is 11.8 Å². The summed E-state index contributed by atoms with van der Waals surface area (Å²) in [6.07, 6.45) is 0. The zero-order valence-electron chi connectivity index (χ0n) is 20.5. The van der Waals surface area contributed by atoms with E-state index in [-0.39, 0.29) is 17.9 Å². The van der Waals surface area contributed by atoms with Crippen molar-refractivity contribution in [2.45, 2.75) is 19.9 Å². The molecule has 1 heterocycles. The molecule has 1 fully saturated rings. The molecule has 2 amide bonds. The molecule has 0 aliphatic carbocycles. The molecule has 0 saturated carbocycles. The molecule has 1 atom stereocenters. The van der Waals surface area contributed by atoms with Gasteiger partial charge >= 0.3 is 0 Å². The summed E-state index contributed by atoms with van der Waals surface area (Å²) in [5.74, 6) is -0.0633. The molecule has 1 saturated heterocycles. The topological polar surface area (TPSA) is 64.7 Å². The van der Waals surface area contributed by atoms with Gasteiger partial charge in [0.15, 0.2) is 0 Å². The van der Waals surface area contributed by atoms with Crippen LogP contribution >= 0.6 is 0 Å². The summed E-state index contributed by atoms with van der Waals surface area (Å²) >= 11 is 0. The zero-order chi connectivity index (χ0) is 24.6. The average Bonchev–Trinajstić information content (AvgIpc) is 2.91. The van der Waals surface area contributed by atoms with E-state index in [2.05, 4.69) is 39.8 Å². The van der Waals surface area contributed by atoms with Crippen LogP contribution in [0.15, 0.2) is 78.9 Å². The monoisotopic (exact) mass is 470 g/mol. The normalized spacial score (nSPS) is 14.8. The minimum atomic E-state index is -0.124. The Kier molecular flexibility index (Phi) is 8.29. The fourth-order valence-corrected chi connectivity index (χ4v) is 4.64. The van der Waals surface area contributed by atoms with Crippen molar-refractivity contribution in [1.82, 2.24) is 15.1 Å². The second-order valence-corrected chi connectivity index (χ2v) is 8.73. The summed E-state index contributed by atoms with van der Waals surface area (Å²) in [5, 5.41) is 6.47. The van der Waals surface area contributed by atoms with Crippen molar-refractivity contribution in [2.24, 2.45) is 0 Å². The molecule has 35 heavy (non-hydrogen) atoms. The second kappa shape index (κ2) is 11.8. The Balaban J connectivity index is 1.62. The summed E-state index contributed by atoms with van der Waals surface area (Å²) < 4.78 is 0. The Morgan fingerprint density at radius 1 is 0.857 bits per heavy atom. The van der Waals surface area contributed by atoms with Crippen molar-refractivity contribution >= 4 is 17.5 Å². The molecule has 182 valence electrons. The summed E-state index contributed by atoms with van der Waals surface area (Å²) in [5.41, 5.74) is 4.35. The maximum absolute atomic E-state index is 12.8. The number of hydrogen-bond acceptors (Lipinski definition) is 4. The minimum absolute atomic E-state index is 0.0308. The third-order valence-electron chi connectivity index (χ3n) is 6.54. The maximum Gasteiger partial charge on any atom is 0.255 e. The highest BCUT2D eigenvalue weighted by atomic mass is 16.2. The molecular formula is C29H34N4O2. The van der Waals surface area contributed by atoms with Crippen LogP contribution in [0, 0.1) is 0 Å². The van der Waals surface area contributed by atoms with Gasteiger partial charge in [0, 0.05) is 56.1 Å². The zero-order valence-corrected chi connectivity index (χ0v) is 20.5. The Labute approximate surface area is 207 Å². The van der Waals surface area contributed by atoms with E-state index in [9.17, 15) is 9.59 Å². The molecule has 3 aromatic carbocycles. The number of carbonyl (C=O) groups is 2. The van der Waals surface area contributed by atoms with Gasteiger partial charge in [-0.3, -0.25) is 14.5 Å². The van der Waals surface area contributed by atoms with Gasteiger partial charge in [0.05, 0.1) is 6.04 Å². The van der Waals surface area contributed by atoms with Gasteiger partial charge in [-0.05, 0) is 61.4 Å². The number of amides is 2. The quantitative estimate of drug-likeness (QED) is 0.512. The number of rotatable bonds is 8. The molecule has 0 aromatic heterocycles. The number of hydrogen-bond donors (Lipinski definition) is 2. The number of benzene rings is 3. The molecule has 1 aliphatic heterocycles. The highest BCUT2D eigenvalue weighted by molar-refractivity contribution is 6.04. The SMILES string of the molecule is CCN(CC)C(=O)c1ccc([C@@H](c2cccc(NC(=O)c3ccccc3)c2)N2CCNCC2)cc1. The number of nitrogens with one attached hydrogen (secondary N) is 2. The van der Waals surface area contributed by atoms with Crippen LogP contribution in [0.4, 0.5) is 5.69 Å². The third-order valence-corrected chi connectivity index (χ3v) is 6.54. The molecule has 0 spiro atoms. The lowest BCUT2D eigenvalue weighted by molar-refractivity contribution is 0.0772. The van der Waals surface area contributed by atoms with Crippen LogP contribution in [0.2, 0.25) is 0 Å². The van der Waals surface area contributed by atoms with Gasteiger partial charge in [0.1, 0.15) is 0 Å². The van der Waals surface area contributed by atoms with E-state index in [1.165, 1.54) is 0 Å². The molecule has 1 aliphatic rings. The van der Waals surface area contributed by atoms with Crippen molar-refractivity contribution in [3.63, 3.8) is 0 Å². The molecule has 0 bridgehead atoms. The van der Waals surface area contributed by atoms with E-state index in [1.54, 1.807) is 0 Å². The van der Waals surface area contributed by atoms with Crippen LogP contribution in [0.1, 0.15) is 51.7 Å². The van der Waals surface area contributed by atoms with Crippen molar-refractivity contribution in [1.29, 1.82) is 0 Å². The minimum Gasteiger partial charge on any atom is -0.339 e. The lowest BCUT2D eigenvalue weighted by Crippen LogP contribution is -2.45. The van der Waals surface area contributed by atoms with E-state index >= 15 is 0 Å². The lowest BCUT2D eigenvalue weighted by atomic mass is 9.95. The fraction of sp³-hybridized carbons (Fsp3) is 0.310. The van der Waals surface area contributed by atoms with Gasteiger partial charge in [0.2, 0.25) is 0 Å². The van der Waals surface area contributed by atoms with E-state index in [0.29, 0.717) is 24.2 Å². The second-order valence-electron chi connectivity index (χ2n) is 8.73. The molecule has 2 N–H and O–H groups in total. The Hall–Kier alpha value is -3.48. The Morgan fingerprint density at radius 3 is 2.20 bits per heavy atom. The van der Waals surface area contributed by atoms with Gasteiger partial charge in [-0.2, -0.15) is 0 Å². The first kappa shape index (κ1) is 24.6. The fourth-order valence-electron chi connectivity index (χ4n) is 4.64. The number of nitrogens with zero attached hydrogens (tertiary/aromatic N) is 2. The van der Waals surface area contributed by atoms with E-state index in [0.717, 1.165) is 43.0 Å². The van der Waals surface area contributed by atoms with Crippen LogP contribution in [0.5, 0.6) is 0 Å². The summed E-state index contributed by atoms with van der Waals surface area (Å²) in [7, 11) is 0. The predicted molar refractivity (Wildman–Crippen MR) is 141 cm³/mol. The average molecular weight is 471 g/mol. The first-order valence-corrected chi connectivity index (χ1v) is 12.4.